The van der Waals surface area contributed by atoms with E-state index in [0.29, 0.717) is 0 Å². The number of hydrogen-bond donors (Lipinski definition) is 2. The monoisotopic (exact) mass is 153 g/mol. The van der Waals surface area contributed by atoms with E-state index in [9.17, 15) is 4.79 Å². The first kappa shape index (κ1) is 5.91. The van der Waals surface area contributed by atoms with Crippen LogP contribution in [0.2, 0.25) is 0 Å². The van der Waals surface area contributed by atoms with Crippen molar-refractivity contribution in [1.82, 2.24) is 0 Å². The van der Waals surface area contributed by atoms with E-state index in [4.69, 9.17) is 10.8 Å². The molecule has 0 aliphatic carbocycles. The number of hydrogen-bond acceptors (Lipinski definition) is 2. The molecule has 0 radical (unpaired) electrons. The van der Waals surface area contributed by atoms with E-state index in [0.717, 1.165) is 0 Å². The first-order valence-corrected chi connectivity index (χ1v) is 2.18. The molecule has 0 saturated heterocycles. The Morgan fingerprint density at radius 1 is 2.00 bits per heavy atom. The van der Waals surface area contributed by atoms with Crippen LogP contribution in [0.4, 0.5) is 0 Å². The van der Waals surface area contributed by atoms with Gasteiger partial charge in [0.15, 0.2) is 4.95 Å². The van der Waals surface area contributed by atoms with Crippen LogP contribution in [-0.2, 0) is 4.79 Å². The molecule has 6 heavy (non-hydrogen) atoms. The van der Waals surface area contributed by atoms with Gasteiger partial charge in [-0.15, -0.1) is 0 Å². The normalized spacial score (nSPS) is 13.7. The maximum atomic E-state index is 9.53. The average Bonchev–Trinajstić information content (AvgIpc) is 1.36. The predicted octanol–water partition coefficient (Wildman–Crippen LogP) is -0.249. The molecule has 36 valence electrons. The number of carboxylic acid groups (broad SMARTS) is 1. The third kappa shape index (κ3) is 2.17. The predicted molar refractivity (Wildman–Crippen MR) is 24.5 cm³/mol. The van der Waals surface area contributed by atoms with E-state index >= 15 is 0 Å². The van der Waals surface area contributed by atoms with E-state index in [2.05, 4.69) is 15.9 Å². The van der Waals surface area contributed by atoms with Crippen LogP contribution in [0.3, 0.4) is 0 Å². The quantitative estimate of drug-likeness (QED) is 0.404. The van der Waals surface area contributed by atoms with Crippen LogP contribution in [0, 0.1) is 0 Å². The number of carbonyl (C=O) groups is 1. The summed E-state index contributed by atoms with van der Waals surface area (Å²) in [5.41, 5.74) is 4.75. The van der Waals surface area contributed by atoms with Gasteiger partial charge in [0.1, 0.15) is 0 Å². The van der Waals surface area contributed by atoms with Gasteiger partial charge in [-0.3, -0.25) is 0 Å². The molecule has 0 rings (SSSR count). The van der Waals surface area contributed by atoms with Gasteiger partial charge >= 0.3 is 5.97 Å². The van der Waals surface area contributed by atoms with E-state index in [-0.39, 0.29) is 0 Å². The molecule has 0 fully saturated rings. The van der Waals surface area contributed by atoms with Gasteiger partial charge in [-0.25, -0.2) is 4.79 Å². The SMILES string of the molecule is NC(Br)C(=O)O. The number of aliphatic carboxylic acids is 1. The summed E-state index contributed by atoms with van der Waals surface area (Å²) >= 11 is 2.62. The van der Waals surface area contributed by atoms with Gasteiger partial charge < -0.3 is 10.8 Å². The Balaban J connectivity index is 3.26. The van der Waals surface area contributed by atoms with E-state index in [1.807, 2.05) is 0 Å². The van der Waals surface area contributed by atoms with Crippen molar-refractivity contribution in [2.24, 2.45) is 5.73 Å². The lowest BCUT2D eigenvalue weighted by molar-refractivity contribution is -0.136. The molecule has 1 unspecified atom stereocenters. The lowest BCUT2D eigenvalue weighted by atomic mass is 10.7. The van der Waals surface area contributed by atoms with Crippen LogP contribution < -0.4 is 5.73 Å². The van der Waals surface area contributed by atoms with E-state index < -0.39 is 10.9 Å². The van der Waals surface area contributed by atoms with Crippen molar-refractivity contribution < 1.29 is 9.90 Å². The van der Waals surface area contributed by atoms with Gasteiger partial charge in [0.05, 0.1) is 0 Å². The smallest absolute Gasteiger partial charge is 0.331 e. The Hall–Kier alpha value is -0.0900. The van der Waals surface area contributed by atoms with Crippen LogP contribution in [0.15, 0.2) is 0 Å². The van der Waals surface area contributed by atoms with Crippen molar-refractivity contribution in [2.45, 2.75) is 4.95 Å². The zero-order valence-electron chi connectivity index (χ0n) is 2.89. The summed E-state index contributed by atoms with van der Waals surface area (Å²) < 4.78 is 0. The van der Waals surface area contributed by atoms with Crippen molar-refractivity contribution >= 4 is 21.9 Å². The summed E-state index contributed by atoms with van der Waals surface area (Å²) in [5, 5.41) is 7.82. The van der Waals surface area contributed by atoms with Gasteiger partial charge in [-0.1, -0.05) is 15.9 Å². The molecule has 0 amide bonds. The molecule has 0 aliphatic heterocycles. The number of nitrogens with two attached hydrogens (primary N) is 1. The number of rotatable bonds is 1. The van der Waals surface area contributed by atoms with Gasteiger partial charge in [-0.2, -0.15) is 0 Å². The first-order chi connectivity index (χ1) is 2.64. The second-order valence-electron chi connectivity index (χ2n) is 0.740. The standard InChI is InChI=1S/C2H4BrNO2/c3-1(4)2(5)6/h1H,4H2,(H,5,6). The summed E-state index contributed by atoms with van der Waals surface area (Å²) in [4.78, 5) is 8.61. The van der Waals surface area contributed by atoms with Crippen LogP contribution in [0.25, 0.3) is 0 Å². The molecule has 0 aliphatic rings. The molecule has 3 N–H and O–H groups in total. The van der Waals surface area contributed by atoms with Crippen LogP contribution in [0.1, 0.15) is 0 Å². The lowest BCUT2D eigenvalue weighted by Gasteiger charge is -1.87. The zero-order valence-corrected chi connectivity index (χ0v) is 4.47. The highest BCUT2D eigenvalue weighted by Crippen LogP contribution is 1.85. The van der Waals surface area contributed by atoms with Crippen molar-refractivity contribution in [3.05, 3.63) is 0 Å². The molecular formula is C2H4BrNO2. The fourth-order valence-electron chi connectivity index (χ4n) is 0. The van der Waals surface area contributed by atoms with Crippen molar-refractivity contribution in [3.8, 4) is 0 Å². The Kier molecular flexibility index (Phi) is 2.12. The Morgan fingerprint density at radius 3 is 2.17 bits per heavy atom. The molecule has 0 aromatic heterocycles. The third-order valence-corrected chi connectivity index (χ3v) is 0.628. The summed E-state index contributed by atoms with van der Waals surface area (Å²) in [6.45, 7) is 0. The van der Waals surface area contributed by atoms with Crippen LogP contribution in [-0.4, -0.2) is 16.0 Å². The second kappa shape index (κ2) is 2.15. The summed E-state index contributed by atoms with van der Waals surface area (Å²) in [6.07, 6.45) is 0. The van der Waals surface area contributed by atoms with Crippen molar-refractivity contribution in [2.75, 3.05) is 0 Å². The molecule has 1 atom stereocenters. The topological polar surface area (TPSA) is 63.3 Å². The summed E-state index contributed by atoms with van der Waals surface area (Å²) in [6, 6.07) is 0. The molecule has 0 bridgehead atoms. The highest BCUT2D eigenvalue weighted by molar-refractivity contribution is 9.09. The van der Waals surface area contributed by atoms with Crippen molar-refractivity contribution in [1.29, 1.82) is 0 Å². The minimum atomic E-state index is -1.05. The third-order valence-electron chi connectivity index (χ3n) is 0.236. The lowest BCUT2D eigenvalue weighted by Crippen LogP contribution is -2.22. The van der Waals surface area contributed by atoms with Gasteiger partial charge in [0.25, 0.3) is 0 Å². The highest BCUT2D eigenvalue weighted by atomic mass is 79.9. The molecule has 3 nitrogen and oxygen atoms in total. The highest BCUT2D eigenvalue weighted by Gasteiger charge is 2.02. The largest absolute Gasteiger partial charge is 0.479 e. The van der Waals surface area contributed by atoms with E-state index in [1.165, 1.54) is 0 Å². The molecule has 0 aromatic carbocycles. The van der Waals surface area contributed by atoms with Crippen LogP contribution in [0.5, 0.6) is 0 Å². The molecule has 0 spiro atoms. The van der Waals surface area contributed by atoms with E-state index in [1.54, 1.807) is 0 Å². The van der Waals surface area contributed by atoms with Crippen LogP contribution >= 0.6 is 15.9 Å². The maximum absolute atomic E-state index is 9.53. The van der Waals surface area contributed by atoms with Gasteiger partial charge in [0.2, 0.25) is 0 Å². The fourth-order valence-corrected chi connectivity index (χ4v) is 0. The Bertz CT molecular complexity index is 62.6. The fraction of sp³-hybridized carbons (Fsp3) is 0.500. The zero-order chi connectivity index (χ0) is 5.15. The maximum Gasteiger partial charge on any atom is 0.331 e. The second-order valence-corrected chi connectivity index (χ2v) is 1.73. The summed E-state index contributed by atoms with van der Waals surface area (Å²) in [7, 11) is 0. The summed E-state index contributed by atoms with van der Waals surface area (Å²) in [5.74, 6) is -1.05. The van der Waals surface area contributed by atoms with Gasteiger partial charge in [0, 0.05) is 0 Å². The number of alkyl halides is 1. The molecule has 0 heterocycles. The first-order valence-electron chi connectivity index (χ1n) is 1.27. The Morgan fingerprint density at radius 2 is 2.17 bits per heavy atom. The van der Waals surface area contributed by atoms with Gasteiger partial charge in [-0.05, 0) is 0 Å². The number of carboxylic acids is 1. The average molecular weight is 154 g/mol. The number of halogens is 1. The van der Waals surface area contributed by atoms with Crippen molar-refractivity contribution in [3.63, 3.8) is 0 Å². The minimum Gasteiger partial charge on any atom is -0.479 e. The minimum absolute atomic E-state index is 0.919. The molecular weight excluding hydrogens is 150 g/mol. The molecule has 0 aromatic rings. The molecule has 4 heteroatoms. The molecule has 0 saturated carbocycles. The Labute approximate surface area is 43.3 Å².